The lowest BCUT2D eigenvalue weighted by Gasteiger charge is -2.46. The highest BCUT2D eigenvalue weighted by Crippen LogP contribution is 2.49. The van der Waals surface area contributed by atoms with Gasteiger partial charge < -0.3 is 38.4 Å². The van der Waals surface area contributed by atoms with Crippen LogP contribution < -0.4 is 15.3 Å². The third-order valence-electron chi connectivity index (χ3n) is 10.8. The van der Waals surface area contributed by atoms with Crippen LogP contribution in [-0.4, -0.2) is 104 Å². The number of likely N-dealkylation sites (tertiary alicyclic amines) is 2. The van der Waals surface area contributed by atoms with Crippen LogP contribution in [0.5, 0.6) is 0 Å². The van der Waals surface area contributed by atoms with Gasteiger partial charge in [0.2, 0.25) is 11.8 Å². The Kier molecular flexibility index (Phi) is 8.83. The molecule has 5 aliphatic rings. The second kappa shape index (κ2) is 12.1. The van der Waals surface area contributed by atoms with Crippen LogP contribution in [0.2, 0.25) is 5.02 Å². The number of hydrogen-bond donors (Lipinski definition) is 0. The van der Waals surface area contributed by atoms with Crippen molar-refractivity contribution in [3.63, 3.8) is 0 Å². The molecule has 0 atom stereocenters. The van der Waals surface area contributed by atoms with Gasteiger partial charge in [-0.3, -0.25) is 9.59 Å². The highest BCUT2D eigenvalue weighted by Gasteiger charge is 2.61. The Morgan fingerprint density at radius 3 is 1.48 bits per heavy atom. The van der Waals surface area contributed by atoms with E-state index in [0.29, 0.717) is 31.2 Å². The molecule has 7 rings (SSSR count). The maximum atomic E-state index is 13.1. The Bertz CT molecular complexity index is 1820. The molecule has 2 aromatic rings. The molecule has 0 N–H and O–H groups in total. The van der Waals surface area contributed by atoms with Gasteiger partial charge in [-0.15, -0.1) is 0 Å². The van der Waals surface area contributed by atoms with Crippen molar-refractivity contribution in [2.45, 2.75) is 102 Å². The Hall–Kier alpha value is -3.81. The second-order valence-electron chi connectivity index (χ2n) is 17.6. The van der Waals surface area contributed by atoms with E-state index in [4.69, 9.17) is 30.4 Å². The van der Waals surface area contributed by atoms with Crippen LogP contribution in [0.25, 0.3) is 0 Å². The number of benzene rings is 2. The van der Waals surface area contributed by atoms with Crippen molar-refractivity contribution in [2.75, 3.05) is 50.1 Å². The number of amides is 4. The van der Waals surface area contributed by atoms with Gasteiger partial charge >= 0.3 is 19.3 Å². The molecular weight excluding hydrogens is 687 g/mol. The van der Waals surface area contributed by atoms with E-state index >= 15 is 0 Å². The molecule has 5 heterocycles. The molecular formula is C38H50BClN4O8. The molecule has 2 aromatic carbocycles. The largest absolute Gasteiger partial charge is 0.494 e. The summed E-state index contributed by atoms with van der Waals surface area (Å²) in [7, 11) is 3.03. The van der Waals surface area contributed by atoms with Gasteiger partial charge in [0.1, 0.15) is 22.0 Å². The molecule has 3 saturated heterocycles. The smallest absolute Gasteiger partial charge is 0.444 e. The van der Waals surface area contributed by atoms with Crippen molar-refractivity contribution in [3.8, 4) is 0 Å². The number of carbonyl (C=O) groups excluding carboxylic acids is 4. The van der Waals surface area contributed by atoms with Crippen molar-refractivity contribution < 1.29 is 38.0 Å². The Morgan fingerprint density at radius 1 is 0.692 bits per heavy atom. The SMILES string of the molecule is CN1C(=O)C2(CN(C(=O)OC(C)(C)C)C2)c2ccc(B3OC(C)(C)C(C)(C)O3)cc21.CN1C(=O)C2(CN(C(=O)OC(C)(C)C)C2)c2ccc(Cl)cc21. The standard InChI is InChI=1S/C22H31BN2O5.C16H19ClN2O3/c1-19(2,3)28-18(27)25-12-22(13-25)15-10-9-14(11-16(15)24(8)17(22)26)23-29-20(4,5)21(6,7)30-23;1-15(2,3)22-14(21)19-8-16(9-19)11-6-5-10(17)7-12(11)18(4)13(16)20/h9-11H,12-13H2,1-8H3;5-7H,8-9H2,1-4H3. The van der Waals surface area contributed by atoms with E-state index in [2.05, 4.69) is 0 Å². The molecule has 0 aliphatic carbocycles. The molecule has 0 radical (unpaired) electrons. The first kappa shape index (κ1) is 37.9. The molecule has 0 aromatic heterocycles. The molecule has 5 aliphatic heterocycles. The molecule has 3 fully saturated rings. The van der Waals surface area contributed by atoms with E-state index in [1.165, 1.54) is 0 Å². The van der Waals surface area contributed by atoms with Crippen molar-refractivity contribution >= 4 is 59.6 Å². The first-order chi connectivity index (χ1) is 23.8. The molecule has 0 saturated carbocycles. The number of rotatable bonds is 1. The van der Waals surface area contributed by atoms with Crippen molar-refractivity contribution in [1.29, 1.82) is 0 Å². The van der Waals surface area contributed by atoms with Crippen molar-refractivity contribution in [2.24, 2.45) is 0 Å². The zero-order valence-corrected chi connectivity index (χ0v) is 33.1. The number of ether oxygens (including phenoxy) is 2. The molecule has 12 nitrogen and oxygen atoms in total. The van der Waals surface area contributed by atoms with Gasteiger partial charge in [-0.05, 0) is 104 Å². The van der Waals surface area contributed by atoms with E-state index in [-0.39, 0.29) is 24.0 Å². The fraction of sp³-hybridized carbons (Fsp3) is 0.579. The summed E-state index contributed by atoms with van der Waals surface area (Å²) in [6.45, 7) is 20.4. The zero-order valence-electron chi connectivity index (χ0n) is 32.3. The van der Waals surface area contributed by atoms with Gasteiger partial charge in [0.05, 0.1) is 11.2 Å². The van der Waals surface area contributed by atoms with E-state index in [1.54, 1.807) is 45.8 Å². The second-order valence-corrected chi connectivity index (χ2v) is 18.0. The number of carbonyl (C=O) groups is 4. The third-order valence-corrected chi connectivity index (χ3v) is 11.1. The molecule has 2 spiro atoms. The monoisotopic (exact) mass is 736 g/mol. The zero-order chi connectivity index (χ0) is 38.6. The van der Waals surface area contributed by atoms with Crippen LogP contribution in [0, 0.1) is 0 Å². The summed E-state index contributed by atoms with van der Waals surface area (Å²) in [6, 6.07) is 11.4. The summed E-state index contributed by atoms with van der Waals surface area (Å²) < 4.78 is 23.1. The average Bonchev–Trinajstić information content (AvgIpc) is 3.43. The van der Waals surface area contributed by atoms with Gasteiger partial charge in [0.25, 0.3) is 0 Å². The minimum atomic E-state index is -0.699. The predicted octanol–water partition coefficient (Wildman–Crippen LogP) is 5.26. The minimum Gasteiger partial charge on any atom is -0.444 e. The van der Waals surface area contributed by atoms with Gasteiger partial charge in [-0.1, -0.05) is 29.8 Å². The highest BCUT2D eigenvalue weighted by atomic mass is 35.5. The normalized spacial score (nSPS) is 21.8. The number of nitrogens with zero attached hydrogens (tertiary/aromatic N) is 4. The quantitative estimate of drug-likeness (QED) is 0.365. The lowest BCUT2D eigenvalue weighted by molar-refractivity contribution is -0.129. The molecule has 0 bridgehead atoms. The number of fused-ring (bicyclic) bond motifs is 4. The van der Waals surface area contributed by atoms with Crippen LogP contribution in [0.1, 0.15) is 80.4 Å². The van der Waals surface area contributed by atoms with Gasteiger partial charge in [0, 0.05) is 56.7 Å². The maximum absolute atomic E-state index is 13.1. The predicted molar refractivity (Wildman–Crippen MR) is 199 cm³/mol. The third kappa shape index (κ3) is 6.22. The number of hydrogen-bond acceptors (Lipinski definition) is 8. The average molecular weight is 737 g/mol. The first-order valence-electron chi connectivity index (χ1n) is 17.6. The summed E-state index contributed by atoms with van der Waals surface area (Å²) in [5, 5.41) is 0.596. The number of halogens is 1. The topological polar surface area (TPSA) is 118 Å². The molecule has 52 heavy (non-hydrogen) atoms. The molecule has 0 unspecified atom stereocenters. The lowest BCUT2D eigenvalue weighted by atomic mass is 9.72. The van der Waals surface area contributed by atoms with Crippen LogP contribution >= 0.6 is 11.6 Å². The van der Waals surface area contributed by atoms with Gasteiger partial charge in [-0.25, -0.2) is 9.59 Å². The maximum Gasteiger partial charge on any atom is 0.494 e. The summed E-state index contributed by atoms with van der Waals surface area (Å²) in [6.07, 6.45) is -0.762. The van der Waals surface area contributed by atoms with E-state index in [1.807, 2.05) is 93.5 Å². The van der Waals surface area contributed by atoms with E-state index in [0.717, 1.165) is 28.0 Å². The van der Waals surface area contributed by atoms with Crippen LogP contribution in [0.15, 0.2) is 36.4 Å². The fourth-order valence-electron chi connectivity index (χ4n) is 7.37. The number of likely N-dealkylation sites (N-methyl/N-ethyl adjacent to an activating group) is 2. The lowest BCUT2D eigenvalue weighted by Crippen LogP contribution is -2.65. The summed E-state index contributed by atoms with van der Waals surface area (Å²) >= 11 is 6.02. The summed E-state index contributed by atoms with van der Waals surface area (Å²) in [5.74, 6) is 0.00736. The van der Waals surface area contributed by atoms with Gasteiger partial charge in [0.15, 0.2) is 0 Å². The van der Waals surface area contributed by atoms with E-state index in [9.17, 15) is 19.2 Å². The Balaban J connectivity index is 0.000000187. The highest BCUT2D eigenvalue weighted by molar-refractivity contribution is 6.62. The van der Waals surface area contributed by atoms with Crippen LogP contribution in [0.4, 0.5) is 21.0 Å². The van der Waals surface area contributed by atoms with Crippen molar-refractivity contribution in [1.82, 2.24) is 9.80 Å². The Labute approximate surface area is 311 Å². The van der Waals surface area contributed by atoms with Crippen LogP contribution in [-0.2, 0) is 39.2 Å². The van der Waals surface area contributed by atoms with E-state index < -0.39 is 40.4 Å². The molecule has 14 heteroatoms. The molecule has 4 amide bonds. The minimum absolute atomic E-state index is 0.00313. The van der Waals surface area contributed by atoms with Crippen LogP contribution in [0.3, 0.4) is 0 Å². The Morgan fingerprint density at radius 2 is 1.08 bits per heavy atom. The summed E-state index contributed by atoms with van der Waals surface area (Å²) in [5.41, 5.74) is 1.11. The fourth-order valence-corrected chi connectivity index (χ4v) is 7.53. The number of anilines is 2. The first-order valence-corrected chi connectivity index (χ1v) is 18.0. The van der Waals surface area contributed by atoms with Crippen molar-refractivity contribution in [3.05, 3.63) is 52.5 Å². The molecule has 280 valence electrons. The van der Waals surface area contributed by atoms with Gasteiger partial charge in [-0.2, -0.15) is 0 Å². The summed E-state index contributed by atoms with van der Waals surface area (Å²) in [4.78, 5) is 56.7.